The van der Waals surface area contributed by atoms with E-state index in [-0.39, 0.29) is 16.8 Å². The molecule has 0 aliphatic heterocycles. The lowest BCUT2D eigenvalue weighted by Crippen LogP contribution is -2.27. The second-order valence-electron chi connectivity index (χ2n) is 4.03. The van der Waals surface area contributed by atoms with Crippen molar-refractivity contribution in [3.8, 4) is 0 Å². The molecule has 0 aliphatic carbocycles. The van der Waals surface area contributed by atoms with Crippen LogP contribution in [0.4, 0.5) is 0 Å². The number of aromatic nitrogens is 2. The van der Waals surface area contributed by atoms with E-state index in [1.165, 1.54) is 0 Å². The normalized spacial score (nSPS) is 10.3. The van der Waals surface area contributed by atoms with Gasteiger partial charge in [-0.25, -0.2) is 0 Å². The predicted molar refractivity (Wildman–Crippen MR) is 77.0 cm³/mol. The van der Waals surface area contributed by atoms with E-state index in [4.69, 9.17) is 11.6 Å². The topological polar surface area (TPSA) is 46.1 Å². The van der Waals surface area contributed by atoms with E-state index in [9.17, 15) is 4.79 Å². The van der Waals surface area contributed by atoms with Crippen molar-refractivity contribution in [2.24, 2.45) is 0 Å². The third-order valence-corrected chi connectivity index (χ3v) is 3.20. The van der Waals surface area contributed by atoms with Crippen molar-refractivity contribution in [2.45, 2.75) is 6.54 Å². The number of carbonyl (C=O) groups excluding carboxylic acids is 1. The van der Waals surface area contributed by atoms with Crippen LogP contribution in [-0.4, -0.2) is 28.1 Å². The van der Waals surface area contributed by atoms with E-state index in [1.54, 1.807) is 24.1 Å². The molecule has 1 heterocycles. The van der Waals surface area contributed by atoms with Crippen molar-refractivity contribution in [2.75, 3.05) is 7.05 Å². The molecule has 2 aromatic rings. The Labute approximate surface area is 124 Å². The fourth-order valence-corrected chi connectivity index (χ4v) is 2.15. The zero-order valence-corrected chi connectivity index (χ0v) is 12.5. The average Bonchev–Trinajstić information content (AvgIpc) is 2.39. The Kier molecular flexibility index (Phi) is 4.50. The molecule has 0 radical (unpaired) electrons. The first-order valence-electron chi connectivity index (χ1n) is 5.55. The van der Waals surface area contributed by atoms with E-state index in [1.807, 2.05) is 24.3 Å². The van der Waals surface area contributed by atoms with Crippen LogP contribution in [0.15, 0.2) is 40.9 Å². The molecule has 0 atom stereocenters. The highest BCUT2D eigenvalue weighted by atomic mass is 79.9. The summed E-state index contributed by atoms with van der Waals surface area (Å²) in [5.74, 6) is -0.191. The highest BCUT2D eigenvalue weighted by molar-refractivity contribution is 9.10. The molecule has 0 saturated carbocycles. The van der Waals surface area contributed by atoms with Crippen LogP contribution in [0.2, 0.25) is 5.15 Å². The minimum atomic E-state index is -0.191. The molecule has 1 aromatic heterocycles. The summed E-state index contributed by atoms with van der Waals surface area (Å²) in [6, 6.07) is 10.9. The lowest BCUT2D eigenvalue weighted by Gasteiger charge is -2.16. The van der Waals surface area contributed by atoms with Gasteiger partial charge in [-0.1, -0.05) is 39.7 Å². The molecule has 98 valence electrons. The van der Waals surface area contributed by atoms with E-state index < -0.39 is 0 Å². The standard InChI is InChI=1S/C13H11BrClN3O/c1-18(8-9-3-2-4-10(14)7-9)13(19)11-5-6-12(15)17-16-11/h2-7H,8H2,1H3. The van der Waals surface area contributed by atoms with E-state index in [0.717, 1.165) is 10.0 Å². The lowest BCUT2D eigenvalue weighted by atomic mass is 10.2. The first-order valence-corrected chi connectivity index (χ1v) is 6.72. The maximum absolute atomic E-state index is 12.1. The van der Waals surface area contributed by atoms with Gasteiger partial charge in [0, 0.05) is 18.1 Å². The molecule has 0 unspecified atom stereocenters. The van der Waals surface area contributed by atoms with Gasteiger partial charge in [-0.2, -0.15) is 0 Å². The Bertz CT molecular complexity index is 589. The van der Waals surface area contributed by atoms with Gasteiger partial charge in [0.15, 0.2) is 10.8 Å². The van der Waals surface area contributed by atoms with Gasteiger partial charge in [-0.05, 0) is 29.8 Å². The quantitative estimate of drug-likeness (QED) is 0.862. The number of hydrogen-bond acceptors (Lipinski definition) is 3. The maximum Gasteiger partial charge on any atom is 0.274 e. The highest BCUT2D eigenvalue weighted by Gasteiger charge is 2.14. The summed E-state index contributed by atoms with van der Waals surface area (Å²) in [6.07, 6.45) is 0. The zero-order chi connectivity index (χ0) is 13.8. The molecule has 19 heavy (non-hydrogen) atoms. The number of hydrogen-bond donors (Lipinski definition) is 0. The van der Waals surface area contributed by atoms with Crippen LogP contribution in [0.25, 0.3) is 0 Å². The SMILES string of the molecule is CN(Cc1cccc(Br)c1)C(=O)c1ccc(Cl)nn1. The van der Waals surface area contributed by atoms with Crippen LogP contribution in [0.1, 0.15) is 16.1 Å². The fourth-order valence-electron chi connectivity index (χ4n) is 1.61. The van der Waals surface area contributed by atoms with Crippen LogP contribution in [-0.2, 0) is 6.54 Å². The van der Waals surface area contributed by atoms with E-state index >= 15 is 0 Å². The van der Waals surface area contributed by atoms with Gasteiger partial charge in [-0.3, -0.25) is 4.79 Å². The van der Waals surface area contributed by atoms with Crippen LogP contribution < -0.4 is 0 Å². The van der Waals surface area contributed by atoms with Gasteiger partial charge in [0.2, 0.25) is 0 Å². The van der Waals surface area contributed by atoms with E-state index in [0.29, 0.717) is 6.54 Å². The fraction of sp³-hybridized carbons (Fsp3) is 0.154. The second-order valence-corrected chi connectivity index (χ2v) is 5.34. The summed E-state index contributed by atoms with van der Waals surface area (Å²) in [6.45, 7) is 0.503. The van der Waals surface area contributed by atoms with Crippen molar-refractivity contribution in [3.63, 3.8) is 0 Å². The van der Waals surface area contributed by atoms with Crippen molar-refractivity contribution >= 4 is 33.4 Å². The van der Waals surface area contributed by atoms with Gasteiger partial charge in [0.1, 0.15) is 0 Å². The van der Waals surface area contributed by atoms with Gasteiger partial charge < -0.3 is 4.90 Å². The largest absolute Gasteiger partial charge is 0.336 e. The van der Waals surface area contributed by atoms with Crippen molar-refractivity contribution in [1.82, 2.24) is 15.1 Å². The third-order valence-electron chi connectivity index (χ3n) is 2.51. The summed E-state index contributed by atoms with van der Waals surface area (Å²) in [4.78, 5) is 13.7. The van der Waals surface area contributed by atoms with Crippen molar-refractivity contribution in [1.29, 1.82) is 0 Å². The van der Waals surface area contributed by atoms with Gasteiger partial charge in [0.25, 0.3) is 5.91 Å². The van der Waals surface area contributed by atoms with Gasteiger partial charge in [0.05, 0.1) is 0 Å². The van der Waals surface area contributed by atoms with Crippen LogP contribution in [0.3, 0.4) is 0 Å². The summed E-state index contributed by atoms with van der Waals surface area (Å²) >= 11 is 9.04. The number of benzene rings is 1. The molecule has 1 aromatic carbocycles. The van der Waals surface area contributed by atoms with Crippen LogP contribution >= 0.6 is 27.5 Å². The number of carbonyl (C=O) groups is 1. The smallest absolute Gasteiger partial charge is 0.274 e. The minimum Gasteiger partial charge on any atom is -0.336 e. The highest BCUT2D eigenvalue weighted by Crippen LogP contribution is 2.14. The number of rotatable bonds is 3. The Morgan fingerprint density at radius 1 is 1.32 bits per heavy atom. The zero-order valence-electron chi connectivity index (χ0n) is 10.2. The van der Waals surface area contributed by atoms with Gasteiger partial charge in [-0.15, -0.1) is 10.2 Å². The van der Waals surface area contributed by atoms with E-state index in [2.05, 4.69) is 26.1 Å². The predicted octanol–water partition coefficient (Wildman–Crippen LogP) is 3.16. The summed E-state index contributed by atoms with van der Waals surface area (Å²) in [5.41, 5.74) is 1.31. The summed E-state index contributed by atoms with van der Waals surface area (Å²) in [5, 5.41) is 7.71. The minimum absolute atomic E-state index is 0.191. The van der Waals surface area contributed by atoms with Crippen molar-refractivity contribution in [3.05, 3.63) is 57.3 Å². The molecule has 1 amide bonds. The molecule has 0 saturated heterocycles. The number of halogens is 2. The molecule has 0 N–H and O–H groups in total. The second kappa shape index (κ2) is 6.12. The molecule has 6 heteroatoms. The Hall–Kier alpha value is -1.46. The first-order chi connectivity index (χ1) is 9.06. The Morgan fingerprint density at radius 2 is 2.11 bits per heavy atom. The molecule has 0 aliphatic rings. The molecule has 0 fully saturated rings. The summed E-state index contributed by atoms with van der Waals surface area (Å²) in [7, 11) is 1.72. The molecule has 0 spiro atoms. The summed E-state index contributed by atoms with van der Waals surface area (Å²) < 4.78 is 0.983. The van der Waals surface area contributed by atoms with Crippen LogP contribution in [0.5, 0.6) is 0 Å². The van der Waals surface area contributed by atoms with Gasteiger partial charge >= 0.3 is 0 Å². The number of amides is 1. The molecular weight excluding hydrogens is 330 g/mol. The first kappa shape index (κ1) is 14.0. The Morgan fingerprint density at radius 3 is 2.74 bits per heavy atom. The molecule has 4 nitrogen and oxygen atoms in total. The Balaban J connectivity index is 2.09. The molecule has 0 bridgehead atoms. The van der Waals surface area contributed by atoms with Crippen molar-refractivity contribution < 1.29 is 4.79 Å². The third kappa shape index (κ3) is 3.75. The molecule has 2 rings (SSSR count). The number of nitrogens with zero attached hydrogens (tertiary/aromatic N) is 3. The monoisotopic (exact) mass is 339 g/mol. The lowest BCUT2D eigenvalue weighted by molar-refractivity contribution is 0.0778. The average molecular weight is 341 g/mol. The molecular formula is C13H11BrClN3O. The van der Waals surface area contributed by atoms with Crippen LogP contribution in [0, 0.1) is 0 Å². The maximum atomic E-state index is 12.1.